The van der Waals surface area contributed by atoms with Gasteiger partial charge in [0.1, 0.15) is 28.8 Å². The molecule has 0 bridgehead atoms. The molecule has 0 spiro atoms. The minimum absolute atomic E-state index is 0.0778. The zero-order chi connectivity index (χ0) is 36.7. The average Bonchev–Trinajstić information content (AvgIpc) is 3.65. The fraction of sp³-hybridized carbons (Fsp3) is 0.714. The Morgan fingerprint density at radius 1 is 1.18 bits per heavy atom. The van der Waals surface area contributed by atoms with Crippen LogP contribution in [0.25, 0.3) is 11.4 Å². The number of rotatable bonds is 20. The first-order valence-electron chi connectivity index (χ1n) is 17.4. The lowest BCUT2D eigenvalue weighted by molar-refractivity contribution is -0.147. The molecule has 13 nitrogen and oxygen atoms in total. The van der Waals surface area contributed by atoms with Gasteiger partial charge in [-0.3, -0.25) is 19.2 Å². The zero-order valence-corrected chi connectivity index (χ0v) is 30.7. The van der Waals surface area contributed by atoms with Crippen LogP contribution in [0.3, 0.4) is 0 Å². The number of carbonyl (C=O) groups excluding carboxylic acids is 2. The maximum absolute atomic E-state index is 13.4. The normalized spacial score (nSPS) is 22.8. The van der Waals surface area contributed by atoms with Crippen LogP contribution in [0.2, 0.25) is 5.82 Å². The summed E-state index contributed by atoms with van der Waals surface area (Å²) in [6.07, 6.45) is 4.46. The number of cyclic esters (lactones) is 1. The lowest BCUT2D eigenvalue weighted by atomic mass is 9.62. The zero-order valence-electron chi connectivity index (χ0n) is 30.7. The fourth-order valence-electron chi connectivity index (χ4n) is 7.04. The Labute approximate surface area is 292 Å². The quantitative estimate of drug-likeness (QED) is 0.101. The molecule has 0 unspecified atom stereocenters. The highest BCUT2D eigenvalue weighted by atomic mass is 16.6. The van der Waals surface area contributed by atoms with E-state index < -0.39 is 40.6 Å². The van der Waals surface area contributed by atoms with Gasteiger partial charge in [0.2, 0.25) is 0 Å². The Kier molecular flexibility index (Phi) is 13.8. The number of unbranched alkanes of at least 4 members (excludes halogenated alkanes) is 1. The number of carboxylic acid groups (broad SMARTS) is 1. The third-order valence-corrected chi connectivity index (χ3v) is 10.6. The molecule has 1 amide bonds. The molecule has 3 heterocycles. The summed E-state index contributed by atoms with van der Waals surface area (Å²) >= 11 is 0. The highest BCUT2D eigenvalue weighted by molar-refractivity contribution is 6.15. The number of amides is 1. The Morgan fingerprint density at radius 3 is 2.47 bits per heavy atom. The van der Waals surface area contributed by atoms with Gasteiger partial charge in [0.05, 0.1) is 31.4 Å². The van der Waals surface area contributed by atoms with Crippen molar-refractivity contribution in [2.24, 2.45) is 23.7 Å². The van der Waals surface area contributed by atoms with E-state index >= 15 is 0 Å². The Morgan fingerprint density at radius 2 is 1.86 bits per heavy atom. The summed E-state index contributed by atoms with van der Waals surface area (Å²) in [5, 5.41) is 21.5. The molecular formula is C35H56BN7O6. The molecule has 0 aliphatic carbocycles. The van der Waals surface area contributed by atoms with Crippen molar-refractivity contribution in [2.75, 3.05) is 25.9 Å². The number of Topliss-reactive ketones (excluding diaryl/α,β-unsaturated/α-hetero) is 1. The molecule has 0 aromatic carbocycles. The number of aromatic nitrogens is 4. The summed E-state index contributed by atoms with van der Waals surface area (Å²) in [6, 6.07) is 5.08. The van der Waals surface area contributed by atoms with Crippen molar-refractivity contribution in [1.29, 1.82) is 0 Å². The molecule has 1 saturated heterocycles. The van der Waals surface area contributed by atoms with Crippen molar-refractivity contribution in [3.05, 3.63) is 24.4 Å². The third-order valence-electron chi connectivity index (χ3n) is 10.6. The number of ketones is 1. The smallest absolute Gasteiger partial charge is 0.410 e. The molecule has 9 atom stereocenters. The van der Waals surface area contributed by atoms with Crippen LogP contribution in [0, 0.1) is 23.7 Å². The number of hydrogen-bond acceptors (Lipinski definition) is 10. The number of anilines is 1. The van der Waals surface area contributed by atoms with Gasteiger partial charge in [-0.25, -0.2) is 9.78 Å². The molecule has 2 aromatic rings. The Hall–Kier alpha value is -3.52. The van der Waals surface area contributed by atoms with Gasteiger partial charge >= 0.3 is 12.1 Å². The number of carbonyl (C=O) groups is 3. The highest BCUT2D eigenvalue weighted by Crippen LogP contribution is 2.40. The number of nitrogen functional groups attached to an aromatic ring is 1. The van der Waals surface area contributed by atoms with E-state index in [0.717, 1.165) is 19.3 Å². The molecule has 1 aliphatic rings. The number of carboxylic acids is 1. The summed E-state index contributed by atoms with van der Waals surface area (Å²) in [7, 11) is 8.12. The van der Waals surface area contributed by atoms with Gasteiger partial charge in [-0.05, 0) is 89.7 Å². The van der Waals surface area contributed by atoms with E-state index in [2.05, 4.69) is 48.3 Å². The largest absolute Gasteiger partial charge is 0.481 e. The molecule has 2 radical (unpaired) electrons. The standard InChI is InChI=1S/C35H56BN7O6/c1-10-22(3)35(8)31(25(6)38-19-21(2)18-34(7,48-9)30(36)23(4)29(44)24(5)32(45)46)43(33(47)49-35)17-12-11-16-42-20-27(40-41-42)26-14-13-15-28(37)39-26/h13-15,20-25,30-31,38H,10-12,16-19H2,1-9H3,(H2,37,39)(H,45,46)/t21-,22-,23+,24-,25-,30-,31-,34-,35-/m1/s1. The lowest BCUT2D eigenvalue weighted by Crippen LogP contribution is -2.58. The minimum Gasteiger partial charge on any atom is -0.481 e. The number of methoxy groups -OCH3 is 1. The predicted octanol–water partition coefficient (Wildman–Crippen LogP) is 4.62. The summed E-state index contributed by atoms with van der Waals surface area (Å²) in [6.45, 7) is 17.1. The van der Waals surface area contributed by atoms with Crippen molar-refractivity contribution in [3.63, 3.8) is 0 Å². The van der Waals surface area contributed by atoms with E-state index in [0.29, 0.717) is 43.3 Å². The van der Waals surface area contributed by atoms with Crippen molar-refractivity contribution < 1.29 is 29.0 Å². The third kappa shape index (κ3) is 9.39. The van der Waals surface area contributed by atoms with Crippen molar-refractivity contribution in [1.82, 2.24) is 30.2 Å². The van der Waals surface area contributed by atoms with Crippen LogP contribution in [0.5, 0.6) is 0 Å². The van der Waals surface area contributed by atoms with Gasteiger partial charge < -0.3 is 25.6 Å². The minimum atomic E-state index is -1.17. The molecule has 14 heteroatoms. The van der Waals surface area contributed by atoms with Crippen molar-refractivity contribution in [3.8, 4) is 11.4 Å². The van der Waals surface area contributed by atoms with Gasteiger partial charge in [0, 0.05) is 32.2 Å². The number of ether oxygens (including phenoxy) is 2. The second-order valence-corrected chi connectivity index (χ2v) is 14.3. The molecule has 0 saturated carbocycles. The topological polar surface area (TPSA) is 175 Å². The number of hydrogen-bond donors (Lipinski definition) is 3. The molecule has 4 N–H and O–H groups in total. The first kappa shape index (κ1) is 39.9. The molecule has 1 fully saturated rings. The number of nitrogens with zero attached hydrogens (tertiary/aromatic N) is 5. The van der Waals surface area contributed by atoms with Gasteiger partial charge in [-0.2, -0.15) is 0 Å². The Bertz CT molecular complexity index is 1430. The first-order valence-corrected chi connectivity index (χ1v) is 17.4. The van der Waals surface area contributed by atoms with Crippen LogP contribution in [-0.4, -0.2) is 99.2 Å². The van der Waals surface area contributed by atoms with Gasteiger partial charge in [0.25, 0.3) is 0 Å². The van der Waals surface area contributed by atoms with E-state index in [1.54, 1.807) is 24.8 Å². The van der Waals surface area contributed by atoms with Crippen molar-refractivity contribution >= 4 is 31.5 Å². The van der Waals surface area contributed by atoms with Crippen LogP contribution in [0.1, 0.15) is 81.1 Å². The second-order valence-electron chi connectivity index (χ2n) is 14.3. The van der Waals surface area contributed by atoms with Crippen LogP contribution < -0.4 is 11.1 Å². The summed E-state index contributed by atoms with van der Waals surface area (Å²) in [5.41, 5.74) is 5.58. The first-order chi connectivity index (χ1) is 23.0. The van der Waals surface area contributed by atoms with Gasteiger partial charge in [-0.15, -0.1) is 5.10 Å². The summed E-state index contributed by atoms with van der Waals surface area (Å²) in [4.78, 5) is 43.7. The predicted molar refractivity (Wildman–Crippen MR) is 189 cm³/mol. The van der Waals surface area contributed by atoms with Crippen LogP contribution in [0.4, 0.5) is 10.6 Å². The van der Waals surface area contributed by atoms with Gasteiger partial charge in [-0.1, -0.05) is 39.0 Å². The van der Waals surface area contributed by atoms with E-state index in [9.17, 15) is 19.5 Å². The highest BCUT2D eigenvalue weighted by Gasteiger charge is 2.55. The Balaban J connectivity index is 1.64. The van der Waals surface area contributed by atoms with E-state index in [1.165, 1.54) is 6.92 Å². The SMILES string of the molecule is [B][C@H]([C@@H](C)C(=O)[C@@H](C)C(=O)O)[C@@](C)(C[C@@H](C)CN[C@H](C)[C@H]1N(CCCCn2cc(-c3cccc(N)n3)nn2)C(=O)O[C@]1(C)[C@H](C)CC)OC. The molecular weight excluding hydrogens is 625 g/mol. The van der Waals surface area contributed by atoms with E-state index in [1.807, 2.05) is 37.1 Å². The maximum Gasteiger partial charge on any atom is 0.410 e. The lowest BCUT2D eigenvalue weighted by Gasteiger charge is -2.41. The number of pyridine rings is 1. The molecule has 49 heavy (non-hydrogen) atoms. The molecule has 270 valence electrons. The van der Waals surface area contributed by atoms with Crippen LogP contribution >= 0.6 is 0 Å². The number of nitrogens with one attached hydrogen (secondary N) is 1. The van der Waals surface area contributed by atoms with E-state index in [4.69, 9.17) is 23.1 Å². The maximum atomic E-state index is 13.4. The molecule has 2 aromatic heterocycles. The molecule has 1 aliphatic heterocycles. The van der Waals surface area contributed by atoms with Crippen molar-refractivity contribution in [2.45, 2.75) is 117 Å². The van der Waals surface area contributed by atoms with Gasteiger partial charge in [0.15, 0.2) is 0 Å². The van der Waals surface area contributed by atoms with Crippen LogP contribution in [-0.2, 0) is 25.6 Å². The summed E-state index contributed by atoms with van der Waals surface area (Å²) in [5.74, 6) is -3.50. The number of nitrogens with two attached hydrogens (primary N) is 1. The fourth-order valence-corrected chi connectivity index (χ4v) is 7.04. The second kappa shape index (κ2) is 16.9. The molecule has 3 rings (SSSR count). The monoisotopic (exact) mass is 681 g/mol. The number of aryl methyl sites for hydroxylation is 1. The average molecular weight is 682 g/mol. The summed E-state index contributed by atoms with van der Waals surface area (Å²) < 4.78 is 13.8. The van der Waals surface area contributed by atoms with Crippen LogP contribution in [0.15, 0.2) is 24.4 Å². The number of aliphatic carboxylic acids is 1. The van der Waals surface area contributed by atoms with E-state index in [-0.39, 0.29) is 30.0 Å².